The quantitative estimate of drug-likeness (QED) is 0.490. The molecule has 0 spiro atoms. The summed E-state index contributed by atoms with van der Waals surface area (Å²) in [7, 11) is -3.96. The van der Waals surface area contributed by atoms with Gasteiger partial charge in [0.1, 0.15) is 5.69 Å². The number of benzene rings is 1. The molecule has 1 aromatic rings. The first-order valence-electron chi connectivity index (χ1n) is 6.98. The van der Waals surface area contributed by atoms with Crippen molar-refractivity contribution >= 4 is 21.4 Å². The summed E-state index contributed by atoms with van der Waals surface area (Å²) in [4.78, 5) is 10.2. The van der Waals surface area contributed by atoms with E-state index >= 15 is 0 Å². The van der Waals surface area contributed by atoms with E-state index in [1.165, 1.54) is 17.7 Å². The highest BCUT2D eigenvalue weighted by Crippen LogP contribution is 2.29. The molecule has 0 fully saturated rings. The minimum absolute atomic E-state index is 0.263. The molecule has 22 heavy (non-hydrogen) atoms. The summed E-state index contributed by atoms with van der Waals surface area (Å²) in [5.74, 6) is 0.418. The molecule has 0 saturated carbocycles. The van der Waals surface area contributed by atoms with Gasteiger partial charge in [0, 0.05) is 12.6 Å². The van der Waals surface area contributed by atoms with Gasteiger partial charge in [-0.25, -0.2) is 13.6 Å². The van der Waals surface area contributed by atoms with Crippen LogP contribution in [0.5, 0.6) is 0 Å². The Labute approximate surface area is 129 Å². The third kappa shape index (κ3) is 4.05. The van der Waals surface area contributed by atoms with Crippen molar-refractivity contribution in [2.45, 2.75) is 31.1 Å². The van der Waals surface area contributed by atoms with Crippen molar-refractivity contribution < 1.29 is 13.3 Å². The van der Waals surface area contributed by atoms with Gasteiger partial charge >= 0.3 is 0 Å². The zero-order valence-electron chi connectivity index (χ0n) is 12.3. The van der Waals surface area contributed by atoms with Crippen molar-refractivity contribution in [3.63, 3.8) is 0 Å². The van der Waals surface area contributed by atoms with Crippen LogP contribution < -0.4 is 10.5 Å². The largest absolute Gasteiger partial charge is 0.379 e. The molecule has 1 unspecified atom stereocenters. The summed E-state index contributed by atoms with van der Waals surface area (Å²) in [6, 6.07) is 3.65. The number of nitrogens with one attached hydrogen (secondary N) is 1. The van der Waals surface area contributed by atoms with Crippen LogP contribution in [-0.2, 0) is 10.0 Å². The highest BCUT2D eigenvalue weighted by Gasteiger charge is 2.20. The molecule has 7 nitrogen and oxygen atoms in total. The highest BCUT2D eigenvalue weighted by atomic mass is 32.2. The van der Waals surface area contributed by atoms with Gasteiger partial charge in [0.2, 0.25) is 10.0 Å². The van der Waals surface area contributed by atoms with Crippen molar-refractivity contribution in [2.75, 3.05) is 11.9 Å². The molecular weight excluding hydrogens is 306 g/mol. The predicted molar refractivity (Wildman–Crippen MR) is 84.1 cm³/mol. The molecule has 1 atom stereocenters. The van der Waals surface area contributed by atoms with Gasteiger partial charge in [0.25, 0.3) is 5.69 Å². The fourth-order valence-electron chi connectivity index (χ4n) is 2.45. The normalized spacial score (nSPS) is 18.6. The van der Waals surface area contributed by atoms with Crippen molar-refractivity contribution in [1.29, 1.82) is 0 Å². The summed E-state index contributed by atoms with van der Waals surface area (Å²) < 4.78 is 22.6. The molecule has 0 aromatic heterocycles. The SMILES string of the molecule is CC1=CCC(CNc2ccc(S(N)(=O)=O)cc2[N+](=O)[O-])CC1. The van der Waals surface area contributed by atoms with Gasteiger partial charge in [-0.2, -0.15) is 0 Å². The third-order valence-corrected chi connectivity index (χ3v) is 4.73. The molecule has 8 heteroatoms. The Balaban J connectivity index is 2.15. The van der Waals surface area contributed by atoms with Crippen LogP contribution in [0.25, 0.3) is 0 Å². The van der Waals surface area contributed by atoms with E-state index in [0.717, 1.165) is 25.3 Å². The van der Waals surface area contributed by atoms with E-state index in [-0.39, 0.29) is 10.6 Å². The molecule has 120 valence electrons. The molecule has 0 aliphatic heterocycles. The maximum absolute atomic E-state index is 11.3. The van der Waals surface area contributed by atoms with Crippen molar-refractivity contribution in [2.24, 2.45) is 11.1 Å². The van der Waals surface area contributed by atoms with Gasteiger partial charge in [-0.1, -0.05) is 11.6 Å². The summed E-state index contributed by atoms with van der Waals surface area (Å²) in [6.07, 6.45) is 5.22. The van der Waals surface area contributed by atoms with Crippen LogP contribution in [0.4, 0.5) is 11.4 Å². The van der Waals surface area contributed by atoms with E-state index < -0.39 is 14.9 Å². The smallest absolute Gasteiger partial charge is 0.293 e. The van der Waals surface area contributed by atoms with E-state index in [1.54, 1.807) is 0 Å². The lowest BCUT2D eigenvalue weighted by Gasteiger charge is -2.21. The van der Waals surface area contributed by atoms with Crippen LogP contribution in [0, 0.1) is 16.0 Å². The summed E-state index contributed by atoms with van der Waals surface area (Å²) in [5.41, 5.74) is 1.40. The summed E-state index contributed by atoms with van der Waals surface area (Å²) in [5, 5.41) is 19.2. The zero-order chi connectivity index (χ0) is 16.3. The number of primary sulfonamides is 1. The Morgan fingerprint density at radius 1 is 1.45 bits per heavy atom. The fourth-order valence-corrected chi connectivity index (χ4v) is 2.98. The lowest BCUT2D eigenvalue weighted by atomic mass is 9.90. The first kappa shape index (κ1) is 16.4. The lowest BCUT2D eigenvalue weighted by molar-refractivity contribution is -0.384. The Kier molecular flexibility index (Phi) is 4.82. The van der Waals surface area contributed by atoms with E-state index in [0.29, 0.717) is 18.2 Å². The summed E-state index contributed by atoms with van der Waals surface area (Å²) >= 11 is 0. The van der Waals surface area contributed by atoms with Crippen LogP contribution in [0.15, 0.2) is 34.7 Å². The third-order valence-electron chi connectivity index (χ3n) is 3.82. The van der Waals surface area contributed by atoms with E-state index in [1.807, 2.05) is 0 Å². The van der Waals surface area contributed by atoms with Gasteiger partial charge in [-0.15, -0.1) is 0 Å². The first-order chi connectivity index (χ1) is 10.3. The number of nitrogens with two attached hydrogens (primary N) is 1. The average Bonchev–Trinajstić information content (AvgIpc) is 2.45. The Morgan fingerprint density at radius 2 is 2.18 bits per heavy atom. The number of hydrogen-bond acceptors (Lipinski definition) is 5. The van der Waals surface area contributed by atoms with Gasteiger partial charge < -0.3 is 5.32 Å². The Morgan fingerprint density at radius 3 is 2.73 bits per heavy atom. The van der Waals surface area contributed by atoms with Crippen LogP contribution in [-0.4, -0.2) is 19.9 Å². The number of nitrogens with zero attached hydrogens (tertiary/aromatic N) is 1. The van der Waals surface area contributed by atoms with Gasteiger partial charge in [0.05, 0.1) is 9.82 Å². The van der Waals surface area contributed by atoms with Crippen LogP contribution in [0.1, 0.15) is 26.2 Å². The maximum atomic E-state index is 11.3. The standard InChI is InChI=1S/C14H19N3O4S/c1-10-2-4-11(5-3-10)9-16-13-7-6-12(22(15,20)21)8-14(13)17(18)19/h2,6-8,11,16H,3-5,9H2,1H3,(H2,15,20,21). The predicted octanol–water partition coefficient (Wildman–Crippen LogP) is 2.40. The highest BCUT2D eigenvalue weighted by molar-refractivity contribution is 7.89. The van der Waals surface area contributed by atoms with Crippen LogP contribution >= 0.6 is 0 Å². The zero-order valence-corrected chi connectivity index (χ0v) is 13.1. The average molecular weight is 325 g/mol. The van der Waals surface area contributed by atoms with Crippen molar-refractivity contribution in [3.8, 4) is 0 Å². The second-order valence-corrected chi connectivity index (χ2v) is 7.11. The number of nitro benzene ring substituents is 1. The number of hydrogen-bond donors (Lipinski definition) is 2. The van der Waals surface area contributed by atoms with E-state index in [9.17, 15) is 18.5 Å². The Bertz CT molecular complexity index is 713. The van der Waals surface area contributed by atoms with Crippen molar-refractivity contribution in [1.82, 2.24) is 0 Å². The molecule has 2 rings (SSSR count). The molecule has 0 radical (unpaired) electrons. The molecule has 0 bridgehead atoms. The fraction of sp³-hybridized carbons (Fsp3) is 0.429. The minimum atomic E-state index is -3.96. The van der Waals surface area contributed by atoms with Crippen LogP contribution in [0.3, 0.4) is 0 Å². The maximum Gasteiger partial charge on any atom is 0.293 e. The summed E-state index contributed by atoms with van der Waals surface area (Å²) in [6.45, 7) is 2.71. The lowest BCUT2D eigenvalue weighted by Crippen LogP contribution is -2.17. The van der Waals surface area contributed by atoms with Crippen LogP contribution in [0.2, 0.25) is 0 Å². The number of rotatable bonds is 5. The molecule has 3 N–H and O–H groups in total. The number of allylic oxidation sites excluding steroid dienone is 2. The second kappa shape index (κ2) is 6.45. The van der Waals surface area contributed by atoms with Gasteiger partial charge in [0.15, 0.2) is 0 Å². The number of anilines is 1. The number of nitro groups is 1. The molecule has 0 heterocycles. The number of sulfonamides is 1. The molecule has 1 aliphatic rings. The van der Waals surface area contributed by atoms with E-state index in [2.05, 4.69) is 18.3 Å². The molecule has 1 aliphatic carbocycles. The molecule has 1 aromatic carbocycles. The topological polar surface area (TPSA) is 115 Å². The monoisotopic (exact) mass is 325 g/mol. The van der Waals surface area contributed by atoms with Crippen molar-refractivity contribution in [3.05, 3.63) is 40.0 Å². The molecular formula is C14H19N3O4S. The molecule has 0 saturated heterocycles. The minimum Gasteiger partial charge on any atom is -0.379 e. The second-order valence-electron chi connectivity index (χ2n) is 5.55. The first-order valence-corrected chi connectivity index (χ1v) is 8.53. The molecule has 0 amide bonds. The Hall–Kier alpha value is -1.93. The van der Waals surface area contributed by atoms with Gasteiger partial charge in [-0.05, 0) is 44.2 Å². The van der Waals surface area contributed by atoms with Gasteiger partial charge in [-0.3, -0.25) is 10.1 Å². The van der Waals surface area contributed by atoms with E-state index in [4.69, 9.17) is 5.14 Å².